The van der Waals surface area contributed by atoms with E-state index in [4.69, 9.17) is 5.73 Å². The highest BCUT2D eigenvalue weighted by atomic mass is 16.6. The van der Waals surface area contributed by atoms with Crippen LogP contribution in [-0.4, -0.2) is 17.0 Å². The van der Waals surface area contributed by atoms with Gasteiger partial charge in [0.2, 0.25) is 0 Å². The minimum absolute atomic E-state index is 0.127. The van der Waals surface area contributed by atoms with E-state index >= 15 is 0 Å². The van der Waals surface area contributed by atoms with E-state index in [-0.39, 0.29) is 22.7 Å². The molecule has 0 aliphatic heterocycles. The number of nitro groups is 1. The predicted octanol–water partition coefficient (Wildman–Crippen LogP) is 2.59. The SMILES string of the molecule is Cc1cc(NC2CCCCC2N)cc([N+](=O)[O-])c1. The number of aryl methyl sites for hydroxylation is 1. The zero-order valence-corrected chi connectivity index (χ0v) is 10.6. The maximum absolute atomic E-state index is 10.8. The summed E-state index contributed by atoms with van der Waals surface area (Å²) in [7, 11) is 0. The van der Waals surface area contributed by atoms with Gasteiger partial charge in [0, 0.05) is 29.9 Å². The van der Waals surface area contributed by atoms with Crippen LogP contribution in [0.1, 0.15) is 31.2 Å². The van der Waals surface area contributed by atoms with Crippen LogP contribution in [0.3, 0.4) is 0 Å². The summed E-state index contributed by atoms with van der Waals surface area (Å²) in [4.78, 5) is 10.5. The van der Waals surface area contributed by atoms with Gasteiger partial charge in [-0.25, -0.2) is 0 Å². The van der Waals surface area contributed by atoms with Crippen LogP contribution in [0.15, 0.2) is 18.2 Å². The molecule has 0 aromatic heterocycles. The van der Waals surface area contributed by atoms with E-state index in [9.17, 15) is 10.1 Å². The molecule has 0 radical (unpaired) electrons. The third-order valence-electron chi connectivity index (χ3n) is 3.44. The maximum atomic E-state index is 10.8. The van der Waals surface area contributed by atoms with Crippen molar-refractivity contribution < 1.29 is 4.92 Å². The first kappa shape index (κ1) is 12.8. The first-order chi connectivity index (χ1) is 8.56. The van der Waals surface area contributed by atoms with Crippen molar-refractivity contribution in [3.63, 3.8) is 0 Å². The molecule has 3 N–H and O–H groups in total. The average Bonchev–Trinajstić information content (AvgIpc) is 2.31. The normalized spacial score (nSPS) is 23.7. The molecule has 0 amide bonds. The predicted molar refractivity (Wildman–Crippen MR) is 71.7 cm³/mol. The Kier molecular flexibility index (Phi) is 3.81. The van der Waals surface area contributed by atoms with Crippen molar-refractivity contribution in [2.24, 2.45) is 5.73 Å². The van der Waals surface area contributed by atoms with E-state index in [2.05, 4.69) is 5.32 Å². The summed E-state index contributed by atoms with van der Waals surface area (Å²) in [6.45, 7) is 1.86. The summed E-state index contributed by atoms with van der Waals surface area (Å²) >= 11 is 0. The first-order valence-electron chi connectivity index (χ1n) is 6.34. The summed E-state index contributed by atoms with van der Waals surface area (Å²) in [5, 5.41) is 14.2. The lowest BCUT2D eigenvalue weighted by atomic mass is 9.91. The van der Waals surface area contributed by atoms with E-state index in [1.54, 1.807) is 12.1 Å². The largest absolute Gasteiger partial charge is 0.381 e. The van der Waals surface area contributed by atoms with Crippen LogP contribution in [0, 0.1) is 17.0 Å². The molecule has 1 aliphatic rings. The Labute approximate surface area is 107 Å². The molecular formula is C13H19N3O2. The fourth-order valence-electron chi connectivity index (χ4n) is 2.50. The fraction of sp³-hybridized carbons (Fsp3) is 0.538. The van der Waals surface area contributed by atoms with Crippen molar-refractivity contribution in [1.29, 1.82) is 0 Å². The van der Waals surface area contributed by atoms with E-state index in [0.29, 0.717) is 0 Å². The lowest BCUT2D eigenvalue weighted by molar-refractivity contribution is -0.384. The molecule has 1 aliphatic carbocycles. The van der Waals surface area contributed by atoms with Gasteiger partial charge >= 0.3 is 0 Å². The highest BCUT2D eigenvalue weighted by Gasteiger charge is 2.22. The van der Waals surface area contributed by atoms with Crippen LogP contribution in [0.2, 0.25) is 0 Å². The highest BCUT2D eigenvalue weighted by molar-refractivity contribution is 5.54. The van der Waals surface area contributed by atoms with E-state index in [0.717, 1.165) is 24.1 Å². The summed E-state index contributed by atoms with van der Waals surface area (Å²) in [5.74, 6) is 0. The van der Waals surface area contributed by atoms with Gasteiger partial charge in [-0.1, -0.05) is 12.8 Å². The Morgan fingerprint density at radius 3 is 2.72 bits per heavy atom. The molecule has 2 unspecified atom stereocenters. The molecule has 1 aromatic rings. The van der Waals surface area contributed by atoms with Gasteiger partial charge < -0.3 is 11.1 Å². The number of nitrogens with zero attached hydrogens (tertiary/aromatic N) is 1. The van der Waals surface area contributed by atoms with Crippen LogP contribution in [0.25, 0.3) is 0 Å². The van der Waals surface area contributed by atoms with Crippen LogP contribution < -0.4 is 11.1 Å². The van der Waals surface area contributed by atoms with Crippen LogP contribution >= 0.6 is 0 Å². The topological polar surface area (TPSA) is 81.2 Å². The molecule has 18 heavy (non-hydrogen) atoms. The lowest BCUT2D eigenvalue weighted by Crippen LogP contribution is -2.42. The molecule has 0 spiro atoms. The molecule has 0 saturated heterocycles. The molecule has 2 atom stereocenters. The molecule has 5 nitrogen and oxygen atoms in total. The number of rotatable bonds is 3. The summed E-state index contributed by atoms with van der Waals surface area (Å²) in [6.07, 6.45) is 4.39. The molecule has 2 rings (SSSR count). The summed E-state index contributed by atoms with van der Waals surface area (Å²) < 4.78 is 0. The van der Waals surface area contributed by atoms with Gasteiger partial charge in [-0.05, 0) is 31.4 Å². The number of nitrogens with two attached hydrogens (primary N) is 1. The molecule has 1 fully saturated rings. The second-order valence-electron chi connectivity index (χ2n) is 5.01. The van der Waals surface area contributed by atoms with Crippen LogP contribution in [0.4, 0.5) is 11.4 Å². The number of non-ortho nitro benzene ring substituents is 1. The molecular weight excluding hydrogens is 230 g/mol. The molecule has 0 bridgehead atoms. The minimum atomic E-state index is -0.362. The number of anilines is 1. The maximum Gasteiger partial charge on any atom is 0.271 e. The molecule has 98 valence electrons. The number of nitro benzene ring substituents is 1. The van der Waals surface area contributed by atoms with Gasteiger partial charge in [0.1, 0.15) is 0 Å². The van der Waals surface area contributed by atoms with Gasteiger partial charge in [-0.15, -0.1) is 0 Å². The van der Waals surface area contributed by atoms with E-state index < -0.39 is 0 Å². The number of hydrogen-bond acceptors (Lipinski definition) is 4. The second-order valence-corrected chi connectivity index (χ2v) is 5.01. The van der Waals surface area contributed by atoms with Crippen molar-refractivity contribution in [1.82, 2.24) is 0 Å². The second kappa shape index (κ2) is 5.35. The number of hydrogen-bond donors (Lipinski definition) is 2. The fourth-order valence-corrected chi connectivity index (χ4v) is 2.50. The Morgan fingerprint density at radius 2 is 2.06 bits per heavy atom. The molecule has 5 heteroatoms. The van der Waals surface area contributed by atoms with Gasteiger partial charge in [-0.3, -0.25) is 10.1 Å². The average molecular weight is 249 g/mol. The van der Waals surface area contributed by atoms with Crippen molar-refractivity contribution in [3.05, 3.63) is 33.9 Å². The number of nitrogens with one attached hydrogen (secondary N) is 1. The van der Waals surface area contributed by atoms with E-state index in [1.807, 2.05) is 13.0 Å². The van der Waals surface area contributed by atoms with Gasteiger partial charge in [0.25, 0.3) is 5.69 Å². The molecule has 0 heterocycles. The van der Waals surface area contributed by atoms with E-state index in [1.165, 1.54) is 12.8 Å². The Morgan fingerprint density at radius 1 is 1.33 bits per heavy atom. The summed E-state index contributed by atoms with van der Waals surface area (Å²) in [5.41, 5.74) is 7.87. The van der Waals surface area contributed by atoms with Crippen molar-refractivity contribution in [2.45, 2.75) is 44.7 Å². The summed E-state index contributed by atoms with van der Waals surface area (Å²) in [6, 6.07) is 5.44. The minimum Gasteiger partial charge on any atom is -0.381 e. The molecule has 1 aromatic carbocycles. The van der Waals surface area contributed by atoms with Crippen molar-refractivity contribution in [2.75, 3.05) is 5.32 Å². The zero-order chi connectivity index (χ0) is 13.1. The van der Waals surface area contributed by atoms with Gasteiger partial charge in [0.05, 0.1) is 4.92 Å². The molecule has 1 saturated carbocycles. The monoisotopic (exact) mass is 249 g/mol. The van der Waals surface area contributed by atoms with Crippen LogP contribution in [-0.2, 0) is 0 Å². The Bertz CT molecular complexity index is 448. The standard InChI is InChI=1S/C13H19N3O2/c1-9-6-10(8-11(7-9)16(17)18)15-13-5-3-2-4-12(13)14/h6-8,12-13,15H,2-5,14H2,1H3. The smallest absolute Gasteiger partial charge is 0.271 e. The van der Waals surface area contributed by atoms with Crippen molar-refractivity contribution in [3.8, 4) is 0 Å². The third kappa shape index (κ3) is 2.98. The third-order valence-corrected chi connectivity index (χ3v) is 3.44. The van der Waals surface area contributed by atoms with Gasteiger partial charge in [-0.2, -0.15) is 0 Å². The lowest BCUT2D eigenvalue weighted by Gasteiger charge is -2.30. The first-order valence-corrected chi connectivity index (χ1v) is 6.34. The quantitative estimate of drug-likeness (QED) is 0.637. The Hall–Kier alpha value is -1.62. The zero-order valence-electron chi connectivity index (χ0n) is 10.6. The Balaban J connectivity index is 2.15. The number of benzene rings is 1. The van der Waals surface area contributed by atoms with Gasteiger partial charge in [0.15, 0.2) is 0 Å². The van der Waals surface area contributed by atoms with Crippen LogP contribution in [0.5, 0.6) is 0 Å². The van der Waals surface area contributed by atoms with Crippen molar-refractivity contribution >= 4 is 11.4 Å². The highest BCUT2D eigenvalue weighted by Crippen LogP contribution is 2.25.